The summed E-state index contributed by atoms with van der Waals surface area (Å²) in [7, 11) is 1.90. The van der Waals surface area contributed by atoms with E-state index in [0.717, 1.165) is 48.5 Å². The number of aromatic nitrogens is 2. The standard InChI is InChI=1S/C30H41FN2O2/c1-19-10-13-30(18-35-3)21(14-19)5-7-23-24-8-9-26(29(24,2)12-11-25(23)30)28(34)17-33-27-15-22(31)6-4-20(27)16-32-33/h4,6,15-16,19,21,23-26H,5,7-14,17-18H2,1-3H3. The molecule has 1 aromatic carbocycles. The summed E-state index contributed by atoms with van der Waals surface area (Å²) in [5.74, 6) is 3.86. The third-order valence-electron chi connectivity index (χ3n) is 11.3. The molecular weight excluding hydrogens is 439 g/mol. The summed E-state index contributed by atoms with van der Waals surface area (Å²) in [6, 6.07) is 4.69. The average molecular weight is 481 g/mol. The van der Waals surface area contributed by atoms with Crippen LogP contribution in [0.25, 0.3) is 10.9 Å². The molecule has 190 valence electrons. The van der Waals surface area contributed by atoms with Gasteiger partial charge in [0.15, 0.2) is 5.78 Å². The highest BCUT2D eigenvalue weighted by atomic mass is 19.1. The Hall–Kier alpha value is -1.75. The van der Waals surface area contributed by atoms with E-state index in [4.69, 9.17) is 4.74 Å². The van der Waals surface area contributed by atoms with Crippen molar-refractivity contribution in [3.8, 4) is 0 Å². The van der Waals surface area contributed by atoms with Crippen molar-refractivity contribution in [1.82, 2.24) is 9.78 Å². The van der Waals surface area contributed by atoms with E-state index in [1.54, 1.807) is 16.9 Å². The molecule has 0 aliphatic heterocycles. The number of halogens is 1. The van der Waals surface area contributed by atoms with Gasteiger partial charge in [0.1, 0.15) is 12.4 Å². The van der Waals surface area contributed by atoms with Crippen LogP contribution in [0, 0.1) is 52.2 Å². The fourth-order valence-electron chi connectivity index (χ4n) is 9.77. The van der Waals surface area contributed by atoms with Crippen molar-refractivity contribution in [2.24, 2.45) is 46.3 Å². The molecule has 2 aromatic rings. The molecule has 8 atom stereocenters. The summed E-state index contributed by atoms with van der Waals surface area (Å²) >= 11 is 0. The second-order valence-corrected chi connectivity index (χ2v) is 12.8. The molecule has 1 heterocycles. The number of ketones is 1. The zero-order valence-electron chi connectivity index (χ0n) is 21.6. The second-order valence-electron chi connectivity index (χ2n) is 12.8. The maximum absolute atomic E-state index is 13.9. The first-order valence-corrected chi connectivity index (χ1v) is 14.0. The first-order valence-electron chi connectivity index (χ1n) is 14.0. The van der Waals surface area contributed by atoms with Crippen molar-refractivity contribution in [2.45, 2.75) is 78.2 Å². The van der Waals surface area contributed by atoms with Gasteiger partial charge in [-0.2, -0.15) is 5.10 Å². The Balaban J connectivity index is 1.24. The van der Waals surface area contributed by atoms with Gasteiger partial charge in [-0.15, -0.1) is 0 Å². The summed E-state index contributed by atoms with van der Waals surface area (Å²) in [4.78, 5) is 13.7. The highest BCUT2D eigenvalue weighted by Crippen LogP contribution is 2.68. The van der Waals surface area contributed by atoms with Gasteiger partial charge in [0.25, 0.3) is 0 Å². The molecule has 5 heteroatoms. The number of fused-ring (bicyclic) bond motifs is 6. The van der Waals surface area contributed by atoms with Gasteiger partial charge < -0.3 is 4.74 Å². The van der Waals surface area contributed by atoms with Gasteiger partial charge >= 0.3 is 0 Å². The Morgan fingerprint density at radius 3 is 2.83 bits per heavy atom. The van der Waals surface area contributed by atoms with Crippen molar-refractivity contribution in [3.63, 3.8) is 0 Å². The molecule has 0 radical (unpaired) electrons. The molecule has 1 aromatic heterocycles. The van der Waals surface area contributed by atoms with Gasteiger partial charge in [0.2, 0.25) is 0 Å². The molecule has 0 amide bonds. The number of ether oxygens (including phenoxy) is 1. The summed E-state index contributed by atoms with van der Waals surface area (Å²) in [6.07, 6.45) is 13.0. The molecule has 4 fully saturated rings. The van der Waals surface area contributed by atoms with Crippen molar-refractivity contribution in [1.29, 1.82) is 0 Å². The molecule has 6 rings (SSSR count). The Bertz CT molecular complexity index is 1110. The van der Waals surface area contributed by atoms with Crippen molar-refractivity contribution < 1.29 is 13.9 Å². The molecule has 0 bridgehead atoms. The fraction of sp³-hybridized carbons (Fsp3) is 0.733. The van der Waals surface area contributed by atoms with E-state index in [2.05, 4.69) is 18.9 Å². The number of carbonyl (C=O) groups is 1. The lowest BCUT2D eigenvalue weighted by Gasteiger charge is -2.61. The third kappa shape index (κ3) is 3.62. The number of rotatable bonds is 5. The highest BCUT2D eigenvalue weighted by molar-refractivity contribution is 5.85. The molecule has 8 unspecified atom stereocenters. The fourth-order valence-corrected chi connectivity index (χ4v) is 9.77. The molecule has 0 saturated heterocycles. The zero-order chi connectivity index (χ0) is 24.4. The quantitative estimate of drug-likeness (QED) is 0.480. The van der Waals surface area contributed by atoms with Crippen LogP contribution in [0.15, 0.2) is 24.4 Å². The Morgan fingerprint density at radius 1 is 1.14 bits per heavy atom. The Labute approximate surface area is 209 Å². The van der Waals surface area contributed by atoms with Gasteiger partial charge in [-0.1, -0.05) is 20.3 Å². The molecular formula is C30H41FN2O2. The molecule has 4 aliphatic carbocycles. The van der Waals surface area contributed by atoms with Crippen molar-refractivity contribution in [2.75, 3.05) is 13.7 Å². The summed E-state index contributed by atoms with van der Waals surface area (Å²) < 4.78 is 21.5. The van der Waals surface area contributed by atoms with Gasteiger partial charge in [0, 0.05) is 18.4 Å². The molecule has 0 N–H and O–H groups in total. The average Bonchev–Trinajstić information content (AvgIpc) is 3.39. The smallest absolute Gasteiger partial charge is 0.157 e. The largest absolute Gasteiger partial charge is 0.384 e. The lowest BCUT2D eigenvalue weighted by Crippen LogP contribution is -2.56. The van der Waals surface area contributed by atoms with E-state index >= 15 is 0 Å². The number of hydrogen-bond acceptors (Lipinski definition) is 3. The minimum atomic E-state index is -0.282. The molecule has 35 heavy (non-hydrogen) atoms. The topological polar surface area (TPSA) is 44.1 Å². The number of hydrogen-bond donors (Lipinski definition) is 0. The van der Waals surface area contributed by atoms with Crippen LogP contribution in [0.4, 0.5) is 4.39 Å². The van der Waals surface area contributed by atoms with E-state index in [0.29, 0.717) is 16.8 Å². The molecule has 4 nitrogen and oxygen atoms in total. The highest BCUT2D eigenvalue weighted by Gasteiger charge is 2.62. The Morgan fingerprint density at radius 2 is 2.00 bits per heavy atom. The van der Waals surface area contributed by atoms with E-state index in [9.17, 15) is 9.18 Å². The predicted molar refractivity (Wildman–Crippen MR) is 135 cm³/mol. The van der Waals surface area contributed by atoms with Crippen molar-refractivity contribution in [3.05, 3.63) is 30.2 Å². The molecule has 4 aliphatic rings. The second kappa shape index (κ2) is 8.68. The lowest BCUT2D eigenvalue weighted by molar-refractivity contribution is -0.154. The first kappa shape index (κ1) is 23.6. The number of benzene rings is 1. The Kier molecular flexibility index (Phi) is 5.86. The summed E-state index contributed by atoms with van der Waals surface area (Å²) in [6.45, 7) is 6.02. The van der Waals surface area contributed by atoms with Crippen LogP contribution in [0.1, 0.15) is 71.6 Å². The molecule has 0 spiro atoms. The minimum absolute atomic E-state index is 0.0789. The zero-order valence-corrected chi connectivity index (χ0v) is 21.6. The lowest BCUT2D eigenvalue weighted by atomic mass is 9.44. The molecule has 4 saturated carbocycles. The van der Waals surface area contributed by atoms with E-state index < -0.39 is 0 Å². The SMILES string of the molecule is COCC12CCC(C)CC1CCC1C3CCC(C(=O)Cn4ncc5ccc(F)cc54)C3(C)CCC12. The summed E-state index contributed by atoms with van der Waals surface area (Å²) in [5.41, 5.74) is 1.15. The van der Waals surface area contributed by atoms with Crippen LogP contribution < -0.4 is 0 Å². The van der Waals surface area contributed by atoms with Gasteiger partial charge in [-0.25, -0.2) is 4.39 Å². The number of nitrogens with zero attached hydrogens (tertiary/aromatic N) is 2. The van der Waals surface area contributed by atoms with Gasteiger partial charge in [0.05, 0.1) is 18.3 Å². The van der Waals surface area contributed by atoms with E-state index in [1.165, 1.54) is 57.1 Å². The predicted octanol–water partition coefficient (Wildman–Crippen LogP) is 6.67. The maximum Gasteiger partial charge on any atom is 0.157 e. The summed E-state index contributed by atoms with van der Waals surface area (Å²) in [5, 5.41) is 5.32. The maximum atomic E-state index is 13.9. The number of Topliss-reactive ketones (excluding diaryl/α,β-unsaturated/α-hetero) is 1. The van der Waals surface area contributed by atoms with Crippen molar-refractivity contribution >= 4 is 16.7 Å². The van der Waals surface area contributed by atoms with Crippen LogP contribution in [-0.4, -0.2) is 29.3 Å². The van der Waals surface area contributed by atoms with Crippen LogP contribution in [0.3, 0.4) is 0 Å². The van der Waals surface area contributed by atoms with Gasteiger partial charge in [-0.05, 0) is 110 Å². The third-order valence-corrected chi connectivity index (χ3v) is 11.3. The first-order chi connectivity index (χ1) is 16.9. The minimum Gasteiger partial charge on any atom is -0.384 e. The number of methoxy groups -OCH3 is 1. The van der Waals surface area contributed by atoms with E-state index in [-0.39, 0.29) is 29.5 Å². The number of carbonyl (C=O) groups excluding carboxylic acids is 1. The van der Waals surface area contributed by atoms with Crippen LogP contribution in [0.5, 0.6) is 0 Å². The van der Waals surface area contributed by atoms with Gasteiger partial charge in [-0.3, -0.25) is 9.48 Å². The van der Waals surface area contributed by atoms with Crippen LogP contribution in [-0.2, 0) is 16.1 Å². The van der Waals surface area contributed by atoms with Crippen LogP contribution in [0.2, 0.25) is 0 Å². The van der Waals surface area contributed by atoms with E-state index in [1.807, 2.05) is 7.11 Å². The monoisotopic (exact) mass is 480 g/mol. The normalized spacial score (nSPS) is 40.8. The van der Waals surface area contributed by atoms with Crippen LogP contribution >= 0.6 is 0 Å².